The van der Waals surface area contributed by atoms with E-state index >= 15 is 0 Å². The molecule has 3 heteroatoms. The summed E-state index contributed by atoms with van der Waals surface area (Å²) in [6.07, 6.45) is 9.05. The molecule has 0 spiro atoms. The number of hydrogen-bond acceptors (Lipinski definition) is 2. The van der Waals surface area contributed by atoms with Crippen molar-refractivity contribution in [2.45, 2.75) is 77.7 Å². The summed E-state index contributed by atoms with van der Waals surface area (Å²) in [7, 11) is 1.90. The van der Waals surface area contributed by atoms with E-state index in [0.717, 1.165) is 25.7 Å². The van der Waals surface area contributed by atoms with E-state index in [1.807, 2.05) is 11.9 Å². The smallest absolute Gasteiger partial charge is 0.243 e. The molecule has 0 atom stereocenters. The van der Waals surface area contributed by atoms with E-state index < -0.39 is 5.41 Å². The van der Waals surface area contributed by atoms with E-state index in [1.54, 1.807) is 0 Å². The Morgan fingerprint density at radius 2 is 1.74 bits per heavy atom. The third kappa shape index (κ3) is 3.72. The molecule has 0 aromatic heterocycles. The summed E-state index contributed by atoms with van der Waals surface area (Å²) < 4.78 is 0. The molecule has 1 rings (SSSR count). The summed E-state index contributed by atoms with van der Waals surface area (Å²) in [5.74, 6) is 0.0607. The normalized spacial score (nSPS) is 16.9. The molecule has 0 N–H and O–H groups in total. The zero-order valence-corrected chi connectivity index (χ0v) is 12.7. The molecule has 3 nitrogen and oxygen atoms in total. The van der Waals surface area contributed by atoms with Crippen LogP contribution in [0.15, 0.2) is 0 Å². The largest absolute Gasteiger partial charge is 0.341 e. The maximum Gasteiger partial charge on any atom is 0.243 e. The van der Waals surface area contributed by atoms with E-state index in [9.17, 15) is 10.1 Å². The van der Waals surface area contributed by atoms with Crippen LogP contribution >= 0.6 is 0 Å². The minimum atomic E-state index is -0.782. The Morgan fingerprint density at radius 3 is 2.16 bits per heavy atom. The fraction of sp³-hybridized carbons (Fsp3) is 0.875. The van der Waals surface area contributed by atoms with Gasteiger partial charge in [-0.25, -0.2) is 0 Å². The molecular formula is C16H28N2O. The zero-order valence-electron chi connectivity index (χ0n) is 12.7. The summed E-state index contributed by atoms with van der Waals surface area (Å²) in [5.41, 5.74) is -0.782. The highest BCUT2D eigenvalue weighted by atomic mass is 16.2. The Morgan fingerprint density at radius 1 is 1.21 bits per heavy atom. The lowest BCUT2D eigenvalue weighted by Crippen LogP contribution is -2.46. The standard InChI is InChI=1S/C16H28N2O/c1-4-11-16(13-17,12-5-2)15(19)18(3)14-9-7-6-8-10-14/h14H,4-12H2,1-3H3. The first-order chi connectivity index (χ1) is 9.11. The van der Waals surface area contributed by atoms with Crippen LogP contribution in [0.25, 0.3) is 0 Å². The maximum atomic E-state index is 12.8. The molecule has 1 saturated carbocycles. The van der Waals surface area contributed by atoms with Gasteiger partial charge in [-0.15, -0.1) is 0 Å². The molecule has 0 aliphatic heterocycles. The lowest BCUT2D eigenvalue weighted by atomic mass is 9.78. The van der Waals surface area contributed by atoms with Gasteiger partial charge in [-0.05, 0) is 25.7 Å². The Hall–Kier alpha value is -1.04. The topological polar surface area (TPSA) is 44.1 Å². The van der Waals surface area contributed by atoms with Gasteiger partial charge in [0, 0.05) is 13.1 Å². The third-order valence-corrected chi connectivity index (χ3v) is 4.42. The van der Waals surface area contributed by atoms with E-state index in [4.69, 9.17) is 0 Å². The number of rotatable bonds is 6. The quantitative estimate of drug-likeness (QED) is 0.730. The van der Waals surface area contributed by atoms with Crippen LogP contribution in [0.1, 0.15) is 71.6 Å². The van der Waals surface area contributed by atoms with Crippen LogP contribution in [0.3, 0.4) is 0 Å². The molecule has 0 heterocycles. The second-order valence-corrected chi connectivity index (χ2v) is 5.90. The first-order valence-electron chi connectivity index (χ1n) is 7.79. The van der Waals surface area contributed by atoms with Crippen molar-refractivity contribution < 1.29 is 4.79 Å². The Bertz CT molecular complexity index is 320. The maximum absolute atomic E-state index is 12.8. The molecule has 0 saturated heterocycles. The molecule has 0 radical (unpaired) electrons. The average Bonchev–Trinajstić information content (AvgIpc) is 2.46. The first kappa shape index (κ1) is 16.0. The molecule has 0 unspecified atom stereocenters. The van der Waals surface area contributed by atoms with Crippen LogP contribution < -0.4 is 0 Å². The minimum Gasteiger partial charge on any atom is -0.341 e. The lowest BCUT2D eigenvalue weighted by Gasteiger charge is -2.36. The van der Waals surface area contributed by atoms with Crippen molar-refractivity contribution >= 4 is 5.91 Å². The molecule has 0 bridgehead atoms. The average molecular weight is 264 g/mol. The van der Waals surface area contributed by atoms with Crippen LogP contribution in [-0.2, 0) is 4.79 Å². The highest BCUT2D eigenvalue weighted by Crippen LogP contribution is 2.33. The number of nitrogens with zero attached hydrogens (tertiary/aromatic N) is 2. The number of carbonyl (C=O) groups excluding carboxylic acids is 1. The van der Waals surface area contributed by atoms with Crippen LogP contribution in [0, 0.1) is 16.7 Å². The van der Waals surface area contributed by atoms with Gasteiger partial charge in [0.05, 0.1) is 6.07 Å². The van der Waals surface area contributed by atoms with E-state index in [2.05, 4.69) is 19.9 Å². The predicted octanol–water partition coefficient (Wildman–Crippen LogP) is 3.89. The molecule has 108 valence electrons. The van der Waals surface area contributed by atoms with Crippen molar-refractivity contribution in [3.63, 3.8) is 0 Å². The van der Waals surface area contributed by atoms with Gasteiger partial charge in [-0.1, -0.05) is 46.0 Å². The minimum absolute atomic E-state index is 0.0607. The van der Waals surface area contributed by atoms with Crippen molar-refractivity contribution in [2.24, 2.45) is 5.41 Å². The molecular weight excluding hydrogens is 236 g/mol. The fourth-order valence-corrected chi connectivity index (χ4v) is 3.32. The van der Waals surface area contributed by atoms with Gasteiger partial charge in [0.1, 0.15) is 5.41 Å². The van der Waals surface area contributed by atoms with Gasteiger partial charge in [-0.2, -0.15) is 5.26 Å². The summed E-state index contributed by atoms with van der Waals surface area (Å²) in [4.78, 5) is 14.7. The van der Waals surface area contributed by atoms with Crippen molar-refractivity contribution in [3.8, 4) is 6.07 Å². The van der Waals surface area contributed by atoms with Gasteiger partial charge in [0.2, 0.25) is 5.91 Å². The summed E-state index contributed by atoms with van der Waals surface area (Å²) in [6.45, 7) is 4.10. The second-order valence-electron chi connectivity index (χ2n) is 5.90. The van der Waals surface area contributed by atoms with Gasteiger partial charge < -0.3 is 4.90 Å². The Labute approximate surface area is 118 Å². The van der Waals surface area contributed by atoms with Crippen LogP contribution in [-0.4, -0.2) is 23.9 Å². The third-order valence-electron chi connectivity index (χ3n) is 4.42. The van der Waals surface area contributed by atoms with Crippen molar-refractivity contribution in [1.29, 1.82) is 5.26 Å². The monoisotopic (exact) mass is 264 g/mol. The predicted molar refractivity (Wildman–Crippen MR) is 77.5 cm³/mol. The zero-order chi connectivity index (χ0) is 14.3. The highest BCUT2D eigenvalue weighted by Gasteiger charge is 2.40. The summed E-state index contributed by atoms with van der Waals surface area (Å²) in [5, 5.41) is 9.56. The second kappa shape index (κ2) is 7.53. The van der Waals surface area contributed by atoms with Crippen LogP contribution in [0.4, 0.5) is 0 Å². The fourth-order valence-electron chi connectivity index (χ4n) is 3.32. The van der Waals surface area contributed by atoms with Gasteiger partial charge in [0.25, 0.3) is 0 Å². The van der Waals surface area contributed by atoms with Crippen molar-refractivity contribution in [2.75, 3.05) is 7.05 Å². The van der Waals surface area contributed by atoms with Crippen molar-refractivity contribution in [1.82, 2.24) is 4.90 Å². The molecule has 1 amide bonds. The number of nitriles is 1. The summed E-state index contributed by atoms with van der Waals surface area (Å²) >= 11 is 0. The lowest BCUT2D eigenvalue weighted by molar-refractivity contribution is -0.141. The SMILES string of the molecule is CCCC(C#N)(CCC)C(=O)N(C)C1CCCCC1. The van der Waals surface area contributed by atoms with E-state index in [-0.39, 0.29) is 5.91 Å². The molecule has 1 aliphatic rings. The summed E-state index contributed by atoms with van der Waals surface area (Å²) in [6, 6.07) is 2.70. The number of carbonyl (C=O) groups is 1. The molecule has 0 aromatic carbocycles. The first-order valence-corrected chi connectivity index (χ1v) is 7.79. The van der Waals surface area contributed by atoms with Gasteiger partial charge >= 0.3 is 0 Å². The van der Waals surface area contributed by atoms with Gasteiger partial charge in [-0.3, -0.25) is 4.79 Å². The molecule has 19 heavy (non-hydrogen) atoms. The molecule has 1 aliphatic carbocycles. The molecule has 0 aromatic rings. The number of amides is 1. The van der Waals surface area contributed by atoms with E-state index in [0.29, 0.717) is 18.9 Å². The Balaban J connectivity index is 2.82. The van der Waals surface area contributed by atoms with Crippen molar-refractivity contribution in [3.05, 3.63) is 0 Å². The number of hydrogen-bond donors (Lipinski definition) is 0. The Kier molecular flexibility index (Phi) is 6.34. The van der Waals surface area contributed by atoms with Crippen LogP contribution in [0.5, 0.6) is 0 Å². The highest BCUT2D eigenvalue weighted by molar-refractivity contribution is 5.85. The molecule has 1 fully saturated rings. The van der Waals surface area contributed by atoms with Gasteiger partial charge in [0.15, 0.2) is 0 Å². The van der Waals surface area contributed by atoms with Crippen LogP contribution in [0.2, 0.25) is 0 Å². The van der Waals surface area contributed by atoms with E-state index in [1.165, 1.54) is 19.3 Å².